The lowest BCUT2D eigenvalue weighted by atomic mass is 10.2. The Morgan fingerprint density at radius 2 is 1.76 bits per heavy atom. The van der Waals surface area contributed by atoms with Gasteiger partial charge in [0.05, 0.1) is 17.0 Å². The summed E-state index contributed by atoms with van der Waals surface area (Å²) in [4.78, 5) is 0.240. The summed E-state index contributed by atoms with van der Waals surface area (Å²) in [6.07, 6.45) is 0.781. The minimum atomic E-state index is -3.69. The second-order valence-corrected chi connectivity index (χ2v) is 7.15. The van der Waals surface area contributed by atoms with Gasteiger partial charge in [-0.3, -0.25) is 0 Å². The lowest BCUT2D eigenvalue weighted by Gasteiger charge is -2.21. The molecule has 0 fully saturated rings. The topological polar surface area (TPSA) is 85.0 Å². The number of nitrogens with zero attached hydrogens (tertiary/aromatic N) is 3. The molecule has 7 heteroatoms. The van der Waals surface area contributed by atoms with E-state index in [0.29, 0.717) is 12.0 Å². The number of hydrogen-bond donors (Lipinski definition) is 0. The van der Waals surface area contributed by atoms with Crippen LogP contribution in [0.4, 0.5) is 0 Å². The van der Waals surface area contributed by atoms with Gasteiger partial charge in [0.25, 0.3) is 0 Å². The quantitative estimate of drug-likeness (QED) is 0.739. The number of halogens is 1. The minimum Gasteiger partial charge on any atom is -0.207 e. The molecule has 1 rings (SSSR count). The van der Waals surface area contributed by atoms with Crippen LogP contribution in [0.3, 0.4) is 0 Å². The molecule has 0 radical (unpaired) electrons. The number of sulfonamides is 1. The monoisotopic (exact) mass is 369 g/mol. The summed E-state index contributed by atoms with van der Waals surface area (Å²) >= 11 is 3.33. The molecule has 0 amide bonds. The third-order valence-corrected chi connectivity index (χ3v) is 5.46. The lowest BCUT2D eigenvalue weighted by Crippen LogP contribution is -2.33. The van der Waals surface area contributed by atoms with Gasteiger partial charge in [0.15, 0.2) is 0 Å². The highest BCUT2D eigenvalue weighted by Crippen LogP contribution is 2.24. The molecule has 21 heavy (non-hydrogen) atoms. The fraction of sp³-hybridized carbons (Fsp3) is 0.429. The third-order valence-electron chi connectivity index (χ3n) is 2.97. The van der Waals surface area contributed by atoms with E-state index in [1.165, 1.54) is 4.31 Å². The van der Waals surface area contributed by atoms with Gasteiger partial charge in [-0.25, -0.2) is 8.42 Å². The largest absolute Gasteiger partial charge is 0.243 e. The second kappa shape index (κ2) is 8.14. The van der Waals surface area contributed by atoms with Crippen molar-refractivity contribution in [2.24, 2.45) is 0 Å². The van der Waals surface area contributed by atoms with E-state index in [4.69, 9.17) is 10.5 Å². The van der Waals surface area contributed by atoms with Crippen molar-refractivity contribution in [1.82, 2.24) is 4.31 Å². The summed E-state index contributed by atoms with van der Waals surface area (Å²) in [5, 5.41) is 17.3. The van der Waals surface area contributed by atoms with Gasteiger partial charge >= 0.3 is 0 Å². The van der Waals surface area contributed by atoms with Crippen LogP contribution in [0.2, 0.25) is 0 Å². The van der Waals surface area contributed by atoms with Crippen molar-refractivity contribution in [2.45, 2.75) is 31.1 Å². The first kappa shape index (κ1) is 17.6. The van der Waals surface area contributed by atoms with Crippen molar-refractivity contribution in [3.8, 4) is 12.1 Å². The summed E-state index contributed by atoms with van der Waals surface area (Å²) < 4.78 is 27.5. The fourth-order valence-electron chi connectivity index (χ4n) is 1.92. The van der Waals surface area contributed by atoms with Crippen LogP contribution in [0.1, 0.15) is 25.3 Å². The number of rotatable bonds is 7. The summed E-state index contributed by atoms with van der Waals surface area (Å²) in [6.45, 7) is 2.08. The average Bonchev–Trinajstić information content (AvgIpc) is 2.46. The first-order valence-corrected chi connectivity index (χ1v) is 8.73. The molecule has 1 aromatic carbocycles. The molecule has 0 heterocycles. The van der Waals surface area contributed by atoms with Gasteiger partial charge in [-0.2, -0.15) is 14.8 Å². The first-order chi connectivity index (χ1) is 9.97. The summed E-state index contributed by atoms with van der Waals surface area (Å²) in [5.41, 5.74) is 0.711. The maximum Gasteiger partial charge on any atom is 0.243 e. The van der Waals surface area contributed by atoms with Crippen molar-refractivity contribution >= 4 is 26.0 Å². The Labute approximate surface area is 134 Å². The highest BCUT2D eigenvalue weighted by Gasteiger charge is 2.26. The highest BCUT2D eigenvalue weighted by molar-refractivity contribution is 9.10. The van der Waals surface area contributed by atoms with E-state index in [9.17, 15) is 8.42 Å². The van der Waals surface area contributed by atoms with Crippen molar-refractivity contribution in [1.29, 1.82) is 10.5 Å². The van der Waals surface area contributed by atoms with E-state index in [-0.39, 0.29) is 30.8 Å². The van der Waals surface area contributed by atoms with Crippen LogP contribution in [0, 0.1) is 22.7 Å². The predicted octanol–water partition coefficient (Wildman–Crippen LogP) is 2.83. The van der Waals surface area contributed by atoms with E-state index >= 15 is 0 Å². The molecular formula is C14H16BrN3O2S. The Bertz CT molecular complexity index is 656. The zero-order valence-electron chi connectivity index (χ0n) is 11.7. The molecule has 0 aliphatic rings. The molecule has 0 N–H and O–H groups in total. The van der Waals surface area contributed by atoms with Crippen molar-refractivity contribution in [2.75, 3.05) is 13.1 Å². The molecule has 0 atom stereocenters. The minimum absolute atomic E-state index is 0.0970. The number of benzene rings is 1. The summed E-state index contributed by atoms with van der Waals surface area (Å²) in [5.74, 6) is 0. The zero-order chi connectivity index (χ0) is 15.9. The second-order valence-electron chi connectivity index (χ2n) is 4.33. The van der Waals surface area contributed by atoms with Crippen molar-refractivity contribution < 1.29 is 8.42 Å². The van der Waals surface area contributed by atoms with E-state index in [0.717, 1.165) is 4.47 Å². The molecule has 0 aliphatic carbocycles. The van der Waals surface area contributed by atoms with Crippen LogP contribution in [-0.2, 0) is 16.4 Å². The van der Waals surface area contributed by atoms with E-state index in [1.807, 2.05) is 19.1 Å². The van der Waals surface area contributed by atoms with E-state index in [1.54, 1.807) is 18.2 Å². The molecular weight excluding hydrogens is 354 g/mol. The van der Waals surface area contributed by atoms with Crippen LogP contribution in [0.15, 0.2) is 27.6 Å². The third kappa shape index (κ3) is 4.53. The van der Waals surface area contributed by atoms with Gasteiger partial charge in [-0.05, 0) is 30.2 Å². The zero-order valence-corrected chi connectivity index (χ0v) is 14.1. The molecule has 0 aliphatic heterocycles. The van der Waals surface area contributed by atoms with Gasteiger partial charge < -0.3 is 0 Å². The Hall–Kier alpha value is -1.41. The van der Waals surface area contributed by atoms with Gasteiger partial charge in [0, 0.05) is 30.4 Å². The van der Waals surface area contributed by atoms with Gasteiger partial charge in [0.2, 0.25) is 10.0 Å². The molecule has 5 nitrogen and oxygen atoms in total. The number of aryl methyl sites for hydroxylation is 1. The Morgan fingerprint density at radius 3 is 2.24 bits per heavy atom. The maximum atomic E-state index is 12.7. The summed E-state index contributed by atoms with van der Waals surface area (Å²) in [6, 6.07) is 8.90. The predicted molar refractivity (Wildman–Crippen MR) is 82.7 cm³/mol. The maximum absolute atomic E-state index is 12.7. The summed E-state index contributed by atoms with van der Waals surface area (Å²) in [7, 11) is -3.69. The van der Waals surface area contributed by atoms with Crippen LogP contribution in [0.25, 0.3) is 0 Å². The van der Waals surface area contributed by atoms with Crippen molar-refractivity contribution in [3.63, 3.8) is 0 Å². The highest BCUT2D eigenvalue weighted by atomic mass is 79.9. The van der Waals surface area contributed by atoms with Crippen LogP contribution in [0.5, 0.6) is 0 Å². The van der Waals surface area contributed by atoms with Crippen LogP contribution >= 0.6 is 15.9 Å². The molecule has 1 aromatic rings. The van der Waals surface area contributed by atoms with Gasteiger partial charge in [-0.1, -0.05) is 22.9 Å². The van der Waals surface area contributed by atoms with Gasteiger partial charge in [-0.15, -0.1) is 0 Å². The Balaban J connectivity index is 3.22. The van der Waals surface area contributed by atoms with E-state index in [2.05, 4.69) is 15.9 Å². The van der Waals surface area contributed by atoms with Gasteiger partial charge in [0.1, 0.15) is 0 Å². The standard InChI is InChI=1S/C14H16BrN3O2S/c1-2-12-11-13(15)5-6-14(12)21(19,20)18(9-3-7-16)10-4-8-17/h5-6,11H,2-4,9-10H2,1H3. The molecule has 0 aromatic heterocycles. The van der Waals surface area contributed by atoms with Crippen LogP contribution < -0.4 is 0 Å². The number of hydrogen-bond acceptors (Lipinski definition) is 4. The first-order valence-electron chi connectivity index (χ1n) is 6.49. The lowest BCUT2D eigenvalue weighted by molar-refractivity contribution is 0.424. The fourth-order valence-corrected chi connectivity index (χ4v) is 4.04. The molecule has 0 unspecified atom stereocenters. The normalized spacial score (nSPS) is 11.1. The Morgan fingerprint density at radius 1 is 1.19 bits per heavy atom. The molecule has 0 saturated carbocycles. The smallest absolute Gasteiger partial charge is 0.207 e. The van der Waals surface area contributed by atoms with E-state index < -0.39 is 10.0 Å². The van der Waals surface area contributed by atoms with Crippen LogP contribution in [-0.4, -0.2) is 25.8 Å². The Kier molecular flexibility index (Phi) is 6.83. The number of nitriles is 2. The molecule has 0 bridgehead atoms. The SMILES string of the molecule is CCc1cc(Br)ccc1S(=O)(=O)N(CCC#N)CCC#N. The molecule has 112 valence electrons. The molecule has 0 spiro atoms. The average molecular weight is 370 g/mol. The molecule has 0 saturated heterocycles. The van der Waals surface area contributed by atoms with Crippen molar-refractivity contribution in [3.05, 3.63) is 28.2 Å².